The first kappa shape index (κ1) is 21.8. The number of benzene rings is 1. The zero-order valence-electron chi connectivity index (χ0n) is 17.7. The van der Waals surface area contributed by atoms with Crippen LogP contribution >= 0.6 is 0 Å². The highest BCUT2D eigenvalue weighted by Crippen LogP contribution is 2.31. The number of nitrogens with two attached hydrogens (primary N) is 1. The van der Waals surface area contributed by atoms with Crippen molar-refractivity contribution in [2.45, 2.75) is 51.3 Å². The summed E-state index contributed by atoms with van der Waals surface area (Å²) in [4.78, 5) is 35.0. The van der Waals surface area contributed by atoms with Gasteiger partial charge in [0.15, 0.2) is 0 Å². The highest BCUT2D eigenvalue weighted by atomic mass is 19.1. The summed E-state index contributed by atoms with van der Waals surface area (Å²) in [5, 5.41) is 0. The molecular formula is C21H28FN5O3. The molecule has 0 spiro atoms. The van der Waals surface area contributed by atoms with E-state index in [0.29, 0.717) is 30.8 Å². The highest BCUT2D eigenvalue weighted by Gasteiger charge is 2.32. The fraction of sp³-hybridized carbons (Fsp3) is 0.476. The van der Waals surface area contributed by atoms with Gasteiger partial charge >= 0.3 is 6.09 Å². The maximum Gasteiger partial charge on any atom is 0.410 e. The maximum absolute atomic E-state index is 15.1. The summed E-state index contributed by atoms with van der Waals surface area (Å²) >= 11 is 0. The van der Waals surface area contributed by atoms with Crippen LogP contribution < -0.4 is 10.6 Å². The number of imidazole rings is 1. The first-order valence-electron chi connectivity index (χ1n) is 9.90. The molecule has 30 heavy (non-hydrogen) atoms. The topological polar surface area (TPSA) is 105 Å². The number of carbonyl (C=O) groups is 2. The minimum atomic E-state index is -0.697. The quantitative estimate of drug-likeness (QED) is 0.796. The van der Waals surface area contributed by atoms with Gasteiger partial charge in [-0.2, -0.15) is 0 Å². The Morgan fingerprint density at radius 3 is 2.77 bits per heavy atom. The minimum Gasteiger partial charge on any atom is -0.444 e. The van der Waals surface area contributed by atoms with Crippen LogP contribution in [0.4, 0.5) is 14.9 Å². The molecule has 2 unspecified atom stereocenters. The number of hydrogen-bond donors (Lipinski definition) is 2. The van der Waals surface area contributed by atoms with Gasteiger partial charge in [0.05, 0.1) is 11.7 Å². The molecule has 0 radical (unpaired) electrons. The Labute approximate surface area is 175 Å². The number of aromatic nitrogens is 2. The van der Waals surface area contributed by atoms with Crippen LogP contribution in [0.25, 0.3) is 0 Å². The molecule has 1 fully saturated rings. The third-order valence-corrected chi connectivity index (χ3v) is 4.91. The lowest BCUT2D eigenvalue weighted by Gasteiger charge is -2.32. The van der Waals surface area contributed by atoms with Gasteiger partial charge in [-0.1, -0.05) is 6.07 Å². The molecule has 0 bridgehead atoms. The molecule has 2 heterocycles. The van der Waals surface area contributed by atoms with Gasteiger partial charge in [0.1, 0.15) is 23.3 Å². The summed E-state index contributed by atoms with van der Waals surface area (Å²) in [6.45, 7) is 5.74. The van der Waals surface area contributed by atoms with E-state index in [-0.39, 0.29) is 11.6 Å². The van der Waals surface area contributed by atoms with E-state index in [1.165, 1.54) is 15.9 Å². The van der Waals surface area contributed by atoms with Crippen LogP contribution in [0.15, 0.2) is 30.6 Å². The van der Waals surface area contributed by atoms with Gasteiger partial charge in [0.25, 0.3) is 0 Å². The number of halogens is 1. The van der Waals surface area contributed by atoms with E-state index in [9.17, 15) is 9.59 Å². The van der Waals surface area contributed by atoms with Crippen LogP contribution in [0.3, 0.4) is 0 Å². The minimum absolute atomic E-state index is 0.178. The largest absolute Gasteiger partial charge is 0.444 e. The standard InChI is InChI=1S/C21H28FN5O3/c1-21(2,3)30-20(29)26(4)17(18-24-9-10-25-18)13-7-8-16(14(22)12-13)27-11-5-6-15(23)19(27)28/h7-10,12,15,17H,5-6,11,23H2,1-4H3,(H,24,25). The molecule has 1 aliphatic rings. The van der Waals surface area contributed by atoms with Crippen molar-refractivity contribution in [3.05, 3.63) is 47.8 Å². The summed E-state index contributed by atoms with van der Waals surface area (Å²) in [6.07, 6.45) is 3.93. The fourth-order valence-corrected chi connectivity index (χ4v) is 3.49. The molecule has 1 aromatic carbocycles. The number of carbonyl (C=O) groups excluding carboxylic acids is 2. The molecule has 1 aromatic heterocycles. The molecule has 2 amide bonds. The molecule has 1 saturated heterocycles. The number of ether oxygens (including phenoxy) is 1. The zero-order valence-corrected chi connectivity index (χ0v) is 17.7. The Morgan fingerprint density at radius 2 is 2.17 bits per heavy atom. The van der Waals surface area contributed by atoms with Gasteiger partial charge in [0, 0.05) is 26.0 Å². The van der Waals surface area contributed by atoms with E-state index in [4.69, 9.17) is 10.5 Å². The molecule has 1 aliphatic heterocycles. The number of piperidine rings is 1. The van der Waals surface area contributed by atoms with Gasteiger partial charge in [-0.25, -0.2) is 14.2 Å². The Morgan fingerprint density at radius 1 is 1.43 bits per heavy atom. The Hall–Kier alpha value is -2.94. The van der Waals surface area contributed by atoms with E-state index in [1.54, 1.807) is 52.3 Å². The molecule has 162 valence electrons. The predicted octanol–water partition coefficient (Wildman–Crippen LogP) is 2.96. The van der Waals surface area contributed by atoms with Gasteiger partial charge < -0.3 is 20.4 Å². The molecule has 0 aliphatic carbocycles. The van der Waals surface area contributed by atoms with Crippen molar-refractivity contribution in [3.63, 3.8) is 0 Å². The third kappa shape index (κ3) is 4.62. The van der Waals surface area contributed by atoms with Crippen LogP contribution in [0.2, 0.25) is 0 Å². The SMILES string of the molecule is CN(C(=O)OC(C)(C)C)C(c1ccc(N2CCCC(N)C2=O)c(F)c1)c1ncc[nH]1. The van der Waals surface area contributed by atoms with Crippen molar-refractivity contribution in [2.75, 3.05) is 18.5 Å². The first-order valence-corrected chi connectivity index (χ1v) is 9.90. The molecule has 3 N–H and O–H groups in total. The Bertz CT molecular complexity index is 910. The molecule has 2 aromatic rings. The number of aromatic amines is 1. The van der Waals surface area contributed by atoms with Gasteiger partial charge in [0.2, 0.25) is 5.91 Å². The van der Waals surface area contributed by atoms with Crippen LogP contribution in [-0.2, 0) is 9.53 Å². The number of anilines is 1. The van der Waals surface area contributed by atoms with Gasteiger partial charge in [-0.3, -0.25) is 9.69 Å². The van der Waals surface area contributed by atoms with E-state index in [2.05, 4.69) is 9.97 Å². The van der Waals surface area contributed by atoms with E-state index < -0.39 is 29.6 Å². The Balaban J connectivity index is 1.94. The lowest BCUT2D eigenvalue weighted by Crippen LogP contribution is -2.48. The van der Waals surface area contributed by atoms with Crippen molar-refractivity contribution in [1.29, 1.82) is 0 Å². The van der Waals surface area contributed by atoms with Crippen LogP contribution in [-0.4, -0.2) is 52.1 Å². The monoisotopic (exact) mass is 417 g/mol. The number of nitrogens with one attached hydrogen (secondary N) is 1. The summed E-state index contributed by atoms with van der Waals surface area (Å²) in [7, 11) is 1.57. The second kappa shape index (κ2) is 8.43. The van der Waals surface area contributed by atoms with Gasteiger partial charge in [-0.15, -0.1) is 0 Å². The lowest BCUT2D eigenvalue weighted by atomic mass is 10.0. The Kier molecular flexibility index (Phi) is 6.12. The van der Waals surface area contributed by atoms with Crippen molar-refractivity contribution < 1.29 is 18.7 Å². The average molecular weight is 417 g/mol. The van der Waals surface area contributed by atoms with Crippen LogP contribution in [0, 0.1) is 5.82 Å². The van der Waals surface area contributed by atoms with E-state index >= 15 is 4.39 Å². The average Bonchev–Trinajstić information content (AvgIpc) is 3.17. The number of hydrogen-bond acceptors (Lipinski definition) is 5. The van der Waals surface area contributed by atoms with Crippen molar-refractivity contribution in [2.24, 2.45) is 5.73 Å². The van der Waals surface area contributed by atoms with Crippen LogP contribution in [0.1, 0.15) is 51.0 Å². The second-order valence-electron chi connectivity index (χ2n) is 8.42. The van der Waals surface area contributed by atoms with Gasteiger partial charge in [-0.05, 0) is 51.3 Å². The van der Waals surface area contributed by atoms with E-state index in [1.807, 2.05) is 0 Å². The van der Waals surface area contributed by atoms with Crippen molar-refractivity contribution in [3.8, 4) is 0 Å². The second-order valence-corrected chi connectivity index (χ2v) is 8.42. The molecule has 2 atom stereocenters. The smallest absolute Gasteiger partial charge is 0.410 e. The highest BCUT2D eigenvalue weighted by molar-refractivity contribution is 5.97. The normalized spacial score (nSPS) is 18.3. The van der Waals surface area contributed by atoms with Crippen LogP contribution in [0.5, 0.6) is 0 Å². The number of amides is 2. The summed E-state index contributed by atoms with van der Waals surface area (Å²) in [5.41, 5.74) is 5.83. The first-order chi connectivity index (χ1) is 14.1. The summed E-state index contributed by atoms with van der Waals surface area (Å²) in [6, 6.07) is 3.22. The van der Waals surface area contributed by atoms with Crippen molar-refractivity contribution >= 4 is 17.7 Å². The predicted molar refractivity (Wildman–Crippen MR) is 110 cm³/mol. The zero-order chi connectivity index (χ0) is 22.1. The number of H-pyrrole nitrogens is 1. The third-order valence-electron chi connectivity index (χ3n) is 4.91. The lowest BCUT2D eigenvalue weighted by molar-refractivity contribution is -0.120. The fourth-order valence-electron chi connectivity index (χ4n) is 3.49. The number of nitrogens with zero attached hydrogens (tertiary/aromatic N) is 3. The molecule has 3 rings (SSSR count). The maximum atomic E-state index is 15.1. The summed E-state index contributed by atoms with van der Waals surface area (Å²) in [5.74, 6) is -0.392. The van der Waals surface area contributed by atoms with Crippen molar-refractivity contribution in [1.82, 2.24) is 14.9 Å². The number of rotatable bonds is 4. The molecular weight excluding hydrogens is 389 g/mol. The summed E-state index contributed by atoms with van der Waals surface area (Å²) < 4.78 is 20.5. The molecule has 8 nitrogen and oxygen atoms in total. The van der Waals surface area contributed by atoms with E-state index in [0.717, 1.165) is 0 Å². The molecule has 9 heteroatoms. The molecule has 0 saturated carbocycles.